The Bertz CT molecular complexity index is 743. The van der Waals surface area contributed by atoms with Gasteiger partial charge in [0.1, 0.15) is 17.5 Å². The molecule has 0 aromatic heterocycles. The maximum absolute atomic E-state index is 12.5. The number of nitrogens with zero attached hydrogens (tertiary/aromatic N) is 3. The quantitative estimate of drug-likeness (QED) is 0.635. The molecular formula is C19H22N4O2. The van der Waals surface area contributed by atoms with Crippen LogP contribution in [0.3, 0.4) is 0 Å². The second-order valence-corrected chi connectivity index (χ2v) is 6.59. The molecular weight excluding hydrogens is 316 g/mol. The molecule has 2 aliphatic rings. The van der Waals surface area contributed by atoms with Crippen LogP contribution in [0.25, 0.3) is 0 Å². The average Bonchev–Trinajstić information content (AvgIpc) is 3.42. The van der Waals surface area contributed by atoms with Crippen molar-refractivity contribution in [2.75, 3.05) is 30.4 Å². The van der Waals surface area contributed by atoms with E-state index in [2.05, 4.69) is 5.32 Å². The third-order valence-corrected chi connectivity index (χ3v) is 4.72. The predicted molar refractivity (Wildman–Crippen MR) is 95.9 cm³/mol. The Kier molecular flexibility index (Phi) is 4.75. The number of ketones is 1. The van der Waals surface area contributed by atoms with Gasteiger partial charge in [-0.3, -0.25) is 9.59 Å². The molecule has 0 saturated heterocycles. The van der Waals surface area contributed by atoms with Gasteiger partial charge in [-0.15, -0.1) is 0 Å². The van der Waals surface area contributed by atoms with Crippen molar-refractivity contribution < 1.29 is 9.59 Å². The first-order chi connectivity index (χ1) is 12.0. The largest absolute Gasteiger partial charge is 0.356 e. The summed E-state index contributed by atoms with van der Waals surface area (Å²) in [5.41, 5.74) is 1.99. The molecule has 1 aliphatic heterocycles. The second-order valence-electron chi connectivity index (χ2n) is 6.59. The number of fused-ring (bicyclic) bond motifs is 1. The van der Waals surface area contributed by atoms with Gasteiger partial charge < -0.3 is 15.1 Å². The van der Waals surface area contributed by atoms with Gasteiger partial charge in [0, 0.05) is 33.5 Å². The number of hydrogen-bond donors (Lipinski definition) is 1. The minimum Gasteiger partial charge on any atom is -0.356 e. The summed E-state index contributed by atoms with van der Waals surface area (Å²) in [6.07, 6.45) is 2.50. The number of nitriles is 1. The van der Waals surface area contributed by atoms with Crippen LogP contribution in [0.2, 0.25) is 0 Å². The molecule has 1 aromatic carbocycles. The molecule has 0 spiro atoms. The van der Waals surface area contributed by atoms with Crippen LogP contribution in [0, 0.1) is 17.2 Å². The maximum atomic E-state index is 12.5. The Hall–Kier alpha value is -2.81. The lowest BCUT2D eigenvalue weighted by molar-refractivity contribution is -0.124. The van der Waals surface area contributed by atoms with Crippen LogP contribution < -0.4 is 15.1 Å². The van der Waals surface area contributed by atoms with Crippen molar-refractivity contribution in [2.24, 2.45) is 5.92 Å². The van der Waals surface area contributed by atoms with Gasteiger partial charge in [-0.05, 0) is 30.9 Å². The SMILES string of the molecule is CN1C(=C(C#N)C(=O)CCC(=O)NCC2CC2)N(C)c2ccccc21. The number of benzene rings is 1. The lowest BCUT2D eigenvalue weighted by atomic mass is 10.1. The Morgan fingerprint density at radius 3 is 2.28 bits per heavy atom. The van der Waals surface area contributed by atoms with Gasteiger partial charge >= 0.3 is 0 Å². The fourth-order valence-corrected chi connectivity index (χ4v) is 3.08. The minimum absolute atomic E-state index is 0.0426. The van der Waals surface area contributed by atoms with E-state index in [4.69, 9.17) is 0 Å². The van der Waals surface area contributed by atoms with Gasteiger partial charge in [0.15, 0.2) is 5.78 Å². The molecule has 6 heteroatoms. The van der Waals surface area contributed by atoms with Crippen molar-refractivity contribution in [3.63, 3.8) is 0 Å². The summed E-state index contributed by atoms with van der Waals surface area (Å²) in [7, 11) is 3.68. The monoisotopic (exact) mass is 338 g/mol. The number of nitrogens with one attached hydrogen (secondary N) is 1. The highest BCUT2D eigenvalue weighted by molar-refractivity contribution is 6.03. The van der Waals surface area contributed by atoms with Gasteiger partial charge in [-0.1, -0.05) is 12.1 Å². The molecule has 1 heterocycles. The van der Waals surface area contributed by atoms with E-state index in [1.807, 2.05) is 54.2 Å². The third-order valence-electron chi connectivity index (χ3n) is 4.72. The highest BCUT2D eigenvalue weighted by Gasteiger charge is 2.31. The summed E-state index contributed by atoms with van der Waals surface area (Å²) in [4.78, 5) is 28.1. The fourth-order valence-electron chi connectivity index (χ4n) is 3.08. The van der Waals surface area contributed by atoms with Crippen LogP contribution in [-0.2, 0) is 9.59 Å². The van der Waals surface area contributed by atoms with E-state index in [0.29, 0.717) is 18.3 Å². The molecule has 3 rings (SSSR count). The highest BCUT2D eigenvalue weighted by atomic mass is 16.2. The number of amides is 1. The number of anilines is 2. The minimum atomic E-state index is -0.300. The lowest BCUT2D eigenvalue weighted by Crippen LogP contribution is -2.28. The molecule has 6 nitrogen and oxygen atoms in total. The van der Waals surface area contributed by atoms with Crippen LogP contribution in [0.1, 0.15) is 25.7 Å². The zero-order valence-electron chi connectivity index (χ0n) is 14.6. The summed E-state index contributed by atoms with van der Waals surface area (Å²) < 4.78 is 0. The normalized spacial score (nSPS) is 15.6. The Labute approximate surface area is 147 Å². The number of rotatable bonds is 6. The molecule has 1 fully saturated rings. The van der Waals surface area contributed by atoms with Crippen molar-refractivity contribution in [3.05, 3.63) is 35.7 Å². The van der Waals surface area contributed by atoms with E-state index in [0.717, 1.165) is 11.4 Å². The van der Waals surface area contributed by atoms with Gasteiger partial charge in [-0.2, -0.15) is 5.26 Å². The van der Waals surface area contributed by atoms with Gasteiger partial charge in [0.05, 0.1) is 11.4 Å². The van der Waals surface area contributed by atoms with Gasteiger partial charge in [-0.25, -0.2) is 0 Å². The molecule has 0 radical (unpaired) electrons. The van der Waals surface area contributed by atoms with Crippen LogP contribution >= 0.6 is 0 Å². The number of para-hydroxylation sites is 2. The third kappa shape index (κ3) is 3.50. The summed E-state index contributed by atoms with van der Waals surface area (Å²) in [5, 5.41) is 12.4. The van der Waals surface area contributed by atoms with Crippen LogP contribution in [0.4, 0.5) is 11.4 Å². The van der Waals surface area contributed by atoms with E-state index in [9.17, 15) is 14.9 Å². The summed E-state index contributed by atoms with van der Waals surface area (Å²) in [6.45, 7) is 0.694. The fraction of sp³-hybridized carbons (Fsp3) is 0.421. The van der Waals surface area contributed by atoms with E-state index in [-0.39, 0.29) is 30.1 Å². The van der Waals surface area contributed by atoms with Crippen LogP contribution in [0.15, 0.2) is 35.7 Å². The zero-order chi connectivity index (χ0) is 18.0. The Morgan fingerprint density at radius 2 is 1.76 bits per heavy atom. The van der Waals surface area contributed by atoms with Crippen molar-refractivity contribution in [3.8, 4) is 6.07 Å². The van der Waals surface area contributed by atoms with Crippen molar-refractivity contribution in [1.82, 2.24) is 5.32 Å². The Morgan fingerprint density at radius 1 is 1.16 bits per heavy atom. The maximum Gasteiger partial charge on any atom is 0.220 e. The number of hydrogen-bond acceptors (Lipinski definition) is 5. The summed E-state index contributed by atoms with van der Waals surface area (Å²) >= 11 is 0. The summed E-state index contributed by atoms with van der Waals surface area (Å²) in [6, 6.07) is 9.78. The first kappa shape index (κ1) is 17.0. The van der Waals surface area contributed by atoms with Gasteiger partial charge in [0.25, 0.3) is 0 Å². The van der Waals surface area contributed by atoms with Crippen LogP contribution in [0.5, 0.6) is 0 Å². The smallest absolute Gasteiger partial charge is 0.220 e. The molecule has 1 aliphatic carbocycles. The average molecular weight is 338 g/mol. The zero-order valence-corrected chi connectivity index (χ0v) is 14.6. The van der Waals surface area contributed by atoms with E-state index in [1.165, 1.54) is 12.8 Å². The lowest BCUT2D eigenvalue weighted by Gasteiger charge is -2.19. The van der Waals surface area contributed by atoms with E-state index in [1.54, 1.807) is 0 Å². The molecule has 25 heavy (non-hydrogen) atoms. The predicted octanol–water partition coefficient (Wildman–Crippen LogP) is 2.18. The second kappa shape index (κ2) is 6.98. The number of carbonyl (C=O) groups is 2. The van der Waals surface area contributed by atoms with Crippen molar-refractivity contribution in [1.29, 1.82) is 5.26 Å². The van der Waals surface area contributed by atoms with Crippen molar-refractivity contribution in [2.45, 2.75) is 25.7 Å². The molecule has 0 unspecified atom stereocenters. The number of Topliss-reactive ketones (excluding diaryl/α,β-unsaturated/α-hetero) is 1. The molecule has 0 atom stereocenters. The first-order valence-electron chi connectivity index (χ1n) is 8.53. The van der Waals surface area contributed by atoms with Crippen LogP contribution in [-0.4, -0.2) is 32.3 Å². The van der Waals surface area contributed by atoms with E-state index >= 15 is 0 Å². The topological polar surface area (TPSA) is 76.4 Å². The Balaban J connectivity index is 1.70. The number of carbonyl (C=O) groups excluding carboxylic acids is 2. The standard InChI is InChI=1S/C19H22N4O2/c1-22-15-5-3-4-6-16(15)23(2)19(22)14(11-20)17(24)9-10-18(25)21-12-13-7-8-13/h3-6,13H,7-10,12H2,1-2H3,(H,21,25). The summed E-state index contributed by atoms with van der Waals surface area (Å²) in [5.74, 6) is 0.743. The van der Waals surface area contributed by atoms with E-state index < -0.39 is 0 Å². The van der Waals surface area contributed by atoms with Gasteiger partial charge in [0.2, 0.25) is 5.91 Å². The molecule has 1 N–H and O–H groups in total. The molecule has 0 bridgehead atoms. The number of allylic oxidation sites excluding steroid dienone is 1. The van der Waals surface area contributed by atoms with Crippen molar-refractivity contribution >= 4 is 23.1 Å². The first-order valence-corrected chi connectivity index (χ1v) is 8.53. The molecule has 1 saturated carbocycles. The molecule has 1 amide bonds. The molecule has 130 valence electrons. The highest BCUT2D eigenvalue weighted by Crippen LogP contribution is 2.40. The molecule has 1 aromatic rings.